The molecule has 2 aliphatic heterocycles. The highest BCUT2D eigenvalue weighted by atomic mass is 16.5. The summed E-state index contributed by atoms with van der Waals surface area (Å²) in [5.74, 6) is -0.431. The Bertz CT molecular complexity index is 2080. The molecule has 0 spiro atoms. The lowest BCUT2D eigenvalue weighted by Gasteiger charge is -2.06. The van der Waals surface area contributed by atoms with Crippen molar-refractivity contribution in [1.29, 1.82) is 0 Å². The van der Waals surface area contributed by atoms with E-state index in [-0.39, 0.29) is 11.9 Å². The van der Waals surface area contributed by atoms with Crippen molar-refractivity contribution >= 4 is 56.3 Å². The van der Waals surface area contributed by atoms with E-state index < -0.39 is 0 Å². The zero-order valence-electron chi connectivity index (χ0n) is 41.2. The fourth-order valence-electron chi connectivity index (χ4n) is 9.73. The molecule has 350 valence electrons. The number of fused-ring (bicyclic) bond motifs is 8. The molecular weight excluding hydrogens is 793 g/mol. The van der Waals surface area contributed by atoms with E-state index in [4.69, 9.17) is 19.4 Å². The number of aryl methyl sites for hydroxylation is 4. The number of hydrogen-bond donors (Lipinski definition) is 2. The lowest BCUT2D eigenvalue weighted by atomic mass is 9.98. The monoisotopic (exact) mass is 875 g/mol. The molecule has 64 heavy (non-hydrogen) atoms. The van der Waals surface area contributed by atoms with Crippen LogP contribution in [-0.2, 0) is 31.9 Å². The zero-order chi connectivity index (χ0) is 45.8. The summed E-state index contributed by atoms with van der Waals surface area (Å²) < 4.78 is 10.2. The SMILES string of the molecule is CCCCCCCCCCCCC1=C(C)c2cc3[nH]c(cc4nc(cc5[nH]c(cc1n2)c(C)c5CCC(=O)OC)C(C)=C4CCCCCCCCCCCC)c(C)c3CCC(=O)OC. The minimum Gasteiger partial charge on any atom is -0.469 e. The largest absolute Gasteiger partial charge is 0.469 e. The number of aromatic nitrogens is 4. The molecule has 5 rings (SSSR count). The van der Waals surface area contributed by atoms with Gasteiger partial charge in [0.25, 0.3) is 0 Å². The predicted molar refractivity (Wildman–Crippen MR) is 269 cm³/mol. The van der Waals surface area contributed by atoms with E-state index in [1.165, 1.54) is 152 Å². The summed E-state index contributed by atoms with van der Waals surface area (Å²) in [5.41, 5.74) is 17.2. The number of hydrogen-bond acceptors (Lipinski definition) is 6. The van der Waals surface area contributed by atoms with Crippen LogP contribution in [0.3, 0.4) is 0 Å². The average molecular weight is 875 g/mol. The normalized spacial score (nSPS) is 12.8. The number of aromatic amines is 2. The van der Waals surface area contributed by atoms with Crippen molar-refractivity contribution in [2.45, 2.75) is 208 Å². The van der Waals surface area contributed by atoms with Gasteiger partial charge in [-0.3, -0.25) is 9.59 Å². The van der Waals surface area contributed by atoms with Crippen molar-refractivity contribution < 1.29 is 19.1 Å². The Hall–Kier alpha value is -4.46. The molecule has 3 aromatic rings. The summed E-state index contributed by atoms with van der Waals surface area (Å²) in [6.07, 6.45) is 29.5. The zero-order valence-corrected chi connectivity index (χ0v) is 41.2. The highest BCUT2D eigenvalue weighted by Crippen LogP contribution is 2.38. The second-order valence-electron chi connectivity index (χ2n) is 18.7. The van der Waals surface area contributed by atoms with Gasteiger partial charge in [0.1, 0.15) is 0 Å². The topological polar surface area (TPSA) is 110 Å². The average Bonchev–Trinajstić information content (AvgIpc) is 3.95. The molecular formula is C56H82N4O4. The van der Waals surface area contributed by atoms with E-state index in [2.05, 4.69) is 75.8 Å². The molecule has 0 aromatic carbocycles. The van der Waals surface area contributed by atoms with Crippen LogP contribution in [0, 0.1) is 13.8 Å². The predicted octanol–water partition coefficient (Wildman–Crippen LogP) is 15.6. The molecule has 8 nitrogen and oxygen atoms in total. The number of ether oxygens (including phenoxy) is 2. The maximum Gasteiger partial charge on any atom is 0.305 e. The Morgan fingerprint density at radius 1 is 0.438 bits per heavy atom. The quantitative estimate of drug-likeness (QED) is 0.0555. The minimum atomic E-state index is -0.215. The van der Waals surface area contributed by atoms with Crippen LogP contribution in [0.5, 0.6) is 0 Å². The van der Waals surface area contributed by atoms with Crippen LogP contribution in [0.15, 0.2) is 24.3 Å². The maximum atomic E-state index is 12.5. The maximum absolute atomic E-state index is 12.5. The van der Waals surface area contributed by atoms with Crippen LogP contribution >= 0.6 is 0 Å². The van der Waals surface area contributed by atoms with Gasteiger partial charge in [0.15, 0.2) is 0 Å². The molecule has 2 aliphatic rings. The Balaban J connectivity index is 1.57. The molecule has 0 atom stereocenters. The number of allylic oxidation sites excluding steroid dienone is 4. The van der Waals surface area contributed by atoms with E-state index >= 15 is 0 Å². The van der Waals surface area contributed by atoms with Gasteiger partial charge in [-0.15, -0.1) is 0 Å². The van der Waals surface area contributed by atoms with Gasteiger partial charge in [-0.05, 0) is 135 Å². The van der Waals surface area contributed by atoms with Gasteiger partial charge in [-0.1, -0.05) is 129 Å². The van der Waals surface area contributed by atoms with E-state index in [1.54, 1.807) is 0 Å². The summed E-state index contributed by atoms with van der Waals surface area (Å²) in [5, 5.41) is 0. The van der Waals surface area contributed by atoms with Gasteiger partial charge < -0.3 is 19.4 Å². The summed E-state index contributed by atoms with van der Waals surface area (Å²) in [7, 11) is 2.92. The lowest BCUT2D eigenvalue weighted by Crippen LogP contribution is -2.02. The molecule has 0 amide bonds. The van der Waals surface area contributed by atoms with E-state index in [0.717, 1.165) is 92.8 Å². The van der Waals surface area contributed by atoms with Crippen LogP contribution in [0.4, 0.5) is 0 Å². The fraction of sp³-hybridized carbons (Fsp3) is 0.607. The second-order valence-corrected chi connectivity index (χ2v) is 18.7. The van der Waals surface area contributed by atoms with Crippen molar-refractivity contribution in [1.82, 2.24) is 19.9 Å². The van der Waals surface area contributed by atoms with Crippen molar-refractivity contribution in [2.24, 2.45) is 0 Å². The number of unbranched alkanes of at least 4 members (excludes halogenated alkanes) is 18. The van der Waals surface area contributed by atoms with Gasteiger partial charge in [0.2, 0.25) is 0 Å². The lowest BCUT2D eigenvalue weighted by molar-refractivity contribution is -0.141. The first-order valence-corrected chi connectivity index (χ1v) is 25.4. The first-order chi connectivity index (χ1) is 31.1. The van der Waals surface area contributed by atoms with Crippen LogP contribution < -0.4 is 0 Å². The summed E-state index contributed by atoms with van der Waals surface area (Å²) in [6.45, 7) is 13.3. The van der Waals surface area contributed by atoms with Crippen molar-refractivity contribution in [3.05, 3.63) is 69.3 Å². The number of methoxy groups -OCH3 is 2. The van der Waals surface area contributed by atoms with Gasteiger partial charge in [-0.25, -0.2) is 9.97 Å². The van der Waals surface area contributed by atoms with Crippen molar-refractivity contribution in [3.8, 4) is 0 Å². The number of nitrogens with zero attached hydrogens (tertiary/aromatic N) is 2. The van der Waals surface area contributed by atoms with E-state index in [1.807, 2.05) is 0 Å². The molecule has 0 unspecified atom stereocenters. The Kier molecular flexibility index (Phi) is 20.9. The Labute approximate surface area is 385 Å². The van der Waals surface area contributed by atoms with Crippen LogP contribution in [0.25, 0.3) is 44.4 Å². The first-order valence-electron chi connectivity index (χ1n) is 25.4. The number of esters is 2. The standard InChI is InChI=1S/C56H82N4O4/c1-9-11-13-15-17-19-21-23-25-27-29-43-39(3)47-37-53-46(32-34-56(62)64-8)42(6)50(60-53)36-52-44(30-28-26-24-22-20-18-16-14-12-10-2)40(4)48(58-52)38-54-45(31-33-55(61)63-7)41(5)49(59-54)35-51(43)57-47/h35-38,59-60H,9-34H2,1-8H3. The fourth-order valence-corrected chi connectivity index (χ4v) is 9.73. The van der Waals surface area contributed by atoms with Gasteiger partial charge >= 0.3 is 11.9 Å². The number of carbonyl (C=O) groups is 2. The molecule has 5 heterocycles. The molecule has 0 radical (unpaired) electrons. The molecule has 8 bridgehead atoms. The molecule has 8 heteroatoms. The van der Waals surface area contributed by atoms with Crippen LogP contribution in [0.1, 0.15) is 227 Å². The van der Waals surface area contributed by atoms with Gasteiger partial charge in [0.05, 0.1) is 37.0 Å². The van der Waals surface area contributed by atoms with E-state index in [9.17, 15) is 9.59 Å². The molecule has 0 aliphatic carbocycles. The number of nitrogens with one attached hydrogen (secondary N) is 2. The van der Waals surface area contributed by atoms with E-state index in [0.29, 0.717) is 25.7 Å². The van der Waals surface area contributed by atoms with Crippen molar-refractivity contribution in [3.63, 3.8) is 0 Å². The number of H-pyrrole nitrogens is 2. The van der Waals surface area contributed by atoms with Crippen LogP contribution in [0.2, 0.25) is 0 Å². The summed E-state index contributed by atoms with van der Waals surface area (Å²) in [4.78, 5) is 43.4. The molecule has 0 saturated heterocycles. The second kappa shape index (κ2) is 26.5. The smallest absolute Gasteiger partial charge is 0.305 e. The van der Waals surface area contributed by atoms with Gasteiger partial charge in [-0.2, -0.15) is 0 Å². The summed E-state index contributed by atoms with van der Waals surface area (Å²) in [6, 6.07) is 8.83. The third-order valence-corrected chi connectivity index (χ3v) is 14.0. The molecule has 3 aromatic heterocycles. The minimum absolute atomic E-state index is 0.215. The number of carbonyl (C=O) groups excluding carboxylic acids is 2. The Morgan fingerprint density at radius 3 is 1.08 bits per heavy atom. The highest BCUT2D eigenvalue weighted by molar-refractivity contribution is 5.95. The first kappa shape index (κ1) is 50.5. The van der Waals surface area contributed by atoms with Crippen LogP contribution in [-0.4, -0.2) is 46.1 Å². The Morgan fingerprint density at radius 2 is 0.750 bits per heavy atom. The third kappa shape index (κ3) is 14.3. The summed E-state index contributed by atoms with van der Waals surface area (Å²) >= 11 is 0. The third-order valence-electron chi connectivity index (χ3n) is 14.0. The van der Waals surface area contributed by atoms with Crippen molar-refractivity contribution in [2.75, 3.05) is 14.2 Å². The van der Waals surface area contributed by atoms with Gasteiger partial charge in [0, 0.05) is 34.9 Å². The molecule has 2 N–H and O–H groups in total. The molecule has 0 fully saturated rings. The number of rotatable bonds is 28. The molecule has 0 saturated carbocycles. The highest BCUT2D eigenvalue weighted by Gasteiger charge is 2.22.